The van der Waals surface area contributed by atoms with Crippen LogP contribution in [0.2, 0.25) is 0 Å². The minimum absolute atomic E-state index is 0.0551. The predicted octanol–water partition coefficient (Wildman–Crippen LogP) is 2.04. The van der Waals surface area contributed by atoms with Gasteiger partial charge in [0.2, 0.25) is 5.91 Å². The standard InChI is InChI=1S/C9H13BrN2OS/c1-12(2)11-9(13)4-3-8-5-7(10)6-14-8/h5-6H,3-4H2,1-2H3,(H,11,13). The zero-order chi connectivity index (χ0) is 10.6. The van der Waals surface area contributed by atoms with Crippen LogP contribution in [0.15, 0.2) is 15.9 Å². The van der Waals surface area contributed by atoms with Gasteiger partial charge < -0.3 is 0 Å². The molecule has 78 valence electrons. The third-order valence-corrected chi connectivity index (χ3v) is 3.33. The fraction of sp³-hybridized carbons (Fsp3) is 0.444. The molecule has 0 fully saturated rings. The van der Waals surface area contributed by atoms with Crippen LogP contribution in [0.3, 0.4) is 0 Å². The average Bonchev–Trinajstić information content (AvgIpc) is 2.47. The largest absolute Gasteiger partial charge is 0.289 e. The third kappa shape index (κ3) is 4.21. The van der Waals surface area contributed by atoms with Crippen molar-refractivity contribution >= 4 is 33.2 Å². The first-order valence-corrected chi connectivity index (χ1v) is 5.95. The lowest BCUT2D eigenvalue weighted by atomic mass is 10.2. The second kappa shape index (κ2) is 5.48. The zero-order valence-corrected chi connectivity index (χ0v) is 10.6. The van der Waals surface area contributed by atoms with Crippen LogP contribution in [-0.4, -0.2) is 25.0 Å². The van der Waals surface area contributed by atoms with Gasteiger partial charge in [-0.2, -0.15) is 0 Å². The zero-order valence-electron chi connectivity index (χ0n) is 8.21. The summed E-state index contributed by atoms with van der Waals surface area (Å²) < 4.78 is 1.09. The Hall–Kier alpha value is -0.390. The number of halogens is 1. The summed E-state index contributed by atoms with van der Waals surface area (Å²) in [7, 11) is 3.61. The molecule has 0 aliphatic rings. The van der Waals surface area contributed by atoms with E-state index in [1.807, 2.05) is 11.4 Å². The van der Waals surface area contributed by atoms with Crippen molar-refractivity contribution in [2.75, 3.05) is 14.1 Å². The Kier molecular flexibility index (Phi) is 4.57. The molecule has 0 aliphatic carbocycles. The van der Waals surface area contributed by atoms with Crippen molar-refractivity contribution < 1.29 is 4.79 Å². The number of nitrogens with one attached hydrogen (secondary N) is 1. The highest BCUT2D eigenvalue weighted by Gasteiger charge is 2.04. The lowest BCUT2D eigenvalue weighted by molar-refractivity contribution is -0.124. The molecule has 0 saturated carbocycles. The molecule has 1 rings (SSSR count). The lowest BCUT2D eigenvalue weighted by Crippen LogP contribution is -2.36. The van der Waals surface area contributed by atoms with Crippen LogP contribution in [0, 0.1) is 0 Å². The van der Waals surface area contributed by atoms with Gasteiger partial charge in [0.1, 0.15) is 0 Å². The van der Waals surface area contributed by atoms with Gasteiger partial charge >= 0.3 is 0 Å². The van der Waals surface area contributed by atoms with Crippen molar-refractivity contribution in [3.63, 3.8) is 0 Å². The molecule has 3 nitrogen and oxygen atoms in total. The fourth-order valence-electron chi connectivity index (χ4n) is 1.03. The van der Waals surface area contributed by atoms with E-state index < -0.39 is 0 Å². The number of hydrogen-bond acceptors (Lipinski definition) is 3. The van der Waals surface area contributed by atoms with Crippen LogP contribution in [0.1, 0.15) is 11.3 Å². The van der Waals surface area contributed by atoms with Crippen molar-refractivity contribution in [1.82, 2.24) is 10.4 Å². The molecule has 1 aromatic heterocycles. The topological polar surface area (TPSA) is 32.3 Å². The van der Waals surface area contributed by atoms with Crippen LogP contribution in [-0.2, 0) is 11.2 Å². The van der Waals surface area contributed by atoms with E-state index in [4.69, 9.17) is 0 Å². The third-order valence-electron chi connectivity index (χ3n) is 1.57. The molecule has 0 radical (unpaired) electrons. The number of nitrogens with zero attached hydrogens (tertiary/aromatic N) is 1. The van der Waals surface area contributed by atoms with E-state index in [1.54, 1.807) is 30.4 Å². The summed E-state index contributed by atoms with van der Waals surface area (Å²) in [6, 6.07) is 2.05. The van der Waals surface area contributed by atoms with Gasteiger partial charge in [0.15, 0.2) is 0 Å². The highest BCUT2D eigenvalue weighted by Crippen LogP contribution is 2.20. The Labute approximate surface area is 96.2 Å². The second-order valence-electron chi connectivity index (χ2n) is 3.16. The van der Waals surface area contributed by atoms with Crippen molar-refractivity contribution in [1.29, 1.82) is 0 Å². The van der Waals surface area contributed by atoms with Crippen molar-refractivity contribution in [2.24, 2.45) is 0 Å². The molecule has 1 amide bonds. The number of amides is 1. The van der Waals surface area contributed by atoms with Gasteiger partial charge in [0.05, 0.1) is 0 Å². The number of carbonyl (C=O) groups is 1. The highest BCUT2D eigenvalue weighted by molar-refractivity contribution is 9.10. The molecule has 0 aliphatic heterocycles. The normalized spacial score (nSPS) is 10.6. The molecule has 1 aromatic rings. The van der Waals surface area contributed by atoms with Crippen molar-refractivity contribution in [2.45, 2.75) is 12.8 Å². The first-order valence-electron chi connectivity index (χ1n) is 4.27. The summed E-state index contributed by atoms with van der Waals surface area (Å²) in [4.78, 5) is 12.5. The van der Waals surface area contributed by atoms with E-state index in [-0.39, 0.29) is 5.91 Å². The van der Waals surface area contributed by atoms with Crippen LogP contribution in [0.4, 0.5) is 0 Å². The molecule has 1 heterocycles. The Bertz CT molecular complexity index is 312. The number of aryl methyl sites for hydroxylation is 1. The van der Waals surface area contributed by atoms with E-state index >= 15 is 0 Å². The molecule has 0 bridgehead atoms. The molecule has 0 aromatic carbocycles. The van der Waals surface area contributed by atoms with Gasteiger partial charge in [-0.3, -0.25) is 10.2 Å². The summed E-state index contributed by atoms with van der Waals surface area (Å²) in [5, 5.41) is 3.69. The Morgan fingerprint density at radius 1 is 1.64 bits per heavy atom. The van der Waals surface area contributed by atoms with Gasteiger partial charge in [-0.15, -0.1) is 11.3 Å². The monoisotopic (exact) mass is 276 g/mol. The van der Waals surface area contributed by atoms with Crippen molar-refractivity contribution in [3.05, 3.63) is 20.8 Å². The summed E-state index contributed by atoms with van der Waals surface area (Å²) in [6.45, 7) is 0. The van der Waals surface area contributed by atoms with Crippen LogP contribution in [0.5, 0.6) is 0 Å². The van der Waals surface area contributed by atoms with Gasteiger partial charge in [-0.05, 0) is 28.4 Å². The summed E-state index contributed by atoms with van der Waals surface area (Å²) in [5.74, 6) is 0.0551. The van der Waals surface area contributed by atoms with Gasteiger partial charge in [0, 0.05) is 35.2 Å². The van der Waals surface area contributed by atoms with E-state index in [0.29, 0.717) is 6.42 Å². The smallest absolute Gasteiger partial charge is 0.234 e. The second-order valence-corrected chi connectivity index (χ2v) is 5.07. The number of thiophene rings is 1. The molecule has 5 heteroatoms. The molecule has 1 N–H and O–H groups in total. The maximum Gasteiger partial charge on any atom is 0.234 e. The molecule has 0 saturated heterocycles. The molecule has 0 unspecified atom stereocenters. The number of hydrogen-bond donors (Lipinski definition) is 1. The molecule has 0 atom stereocenters. The van der Waals surface area contributed by atoms with Crippen molar-refractivity contribution in [3.8, 4) is 0 Å². The molecule has 0 spiro atoms. The summed E-state index contributed by atoms with van der Waals surface area (Å²) >= 11 is 5.05. The Morgan fingerprint density at radius 2 is 2.36 bits per heavy atom. The fourth-order valence-corrected chi connectivity index (χ4v) is 2.48. The molecular weight excluding hydrogens is 264 g/mol. The van der Waals surface area contributed by atoms with Gasteiger partial charge in [-0.25, -0.2) is 5.01 Å². The maximum absolute atomic E-state index is 11.3. The Balaban J connectivity index is 2.30. The summed E-state index contributed by atoms with van der Waals surface area (Å²) in [6.07, 6.45) is 1.33. The quantitative estimate of drug-likeness (QED) is 0.854. The number of hydrazine groups is 1. The van der Waals surface area contributed by atoms with E-state index in [9.17, 15) is 4.79 Å². The van der Waals surface area contributed by atoms with E-state index in [0.717, 1.165) is 10.9 Å². The lowest BCUT2D eigenvalue weighted by Gasteiger charge is -2.10. The molecular formula is C9H13BrN2OS. The SMILES string of the molecule is CN(C)NC(=O)CCc1cc(Br)cs1. The minimum Gasteiger partial charge on any atom is -0.289 e. The van der Waals surface area contributed by atoms with Gasteiger partial charge in [-0.1, -0.05) is 0 Å². The van der Waals surface area contributed by atoms with Crippen LogP contribution < -0.4 is 5.43 Å². The highest BCUT2D eigenvalue weighted by atomic mass is 79.9. The predicted molar refractivity (Wildman–Crippen MR) is 62.2 cm³/mol. The van der Waals surface area contributed by atoms with E-state index in [1.165, 1.54) is 4.88 Å². The number of rotatable bonds is 4. The minimum atomic E-state index is 0.0551. The summed E-state index contributed by atoms with van der Waals surface area (Å²) in [5.41, 5.74) is 2.71. The average molecular weight is 277 g/mol. The number of carbonyl (C=O) groups excluding carboxylic acids is 1. The van der Waals surface area contributed by atoms with Gasteiger partial charge in [0.25, 0.3) is 0 Å². The maximum atomic E-state index is 11.3. The van der Waals surface area contributed by atoms with E-state index in [2.05, 4.69) is 21.4 Å². The van der Waals surface area contributed by atoms with Crippen LogP contribution in [0.25, 0.3) is 0 Å². The Morgan fingerprint density at radius 3 is 2.86 bits per heavy atom. The first kappa shape index (κ1) is 11.7. The first-order chi connectivity index (χ1) is 6.58. The molecule has 14 heavy (non-hydrogen) atoms. The van der Waals surface area contributed by atoms with Crippen LogP contribution >= 0.6 is 27.3 Å².